The van der Waals surface area contributed by atoms with Gasteiger partial charge in [0.1, 0.15) is 48.4 Å². The Balaban J connectivity index is 0.684. The van der Waals surface area contributed by atoms with E-state index in [9.17, 15) is 19.2 Å². The molecular formula is C50H56N12O6. The molecule has 9 rings (SSSR count). The van der Waals surface area contributed by atoms with Gasteiger partial charge in [0.15, 0.2) is 0 Å². The number of likely N-dealkylation sites (N-methyl/N-ethyl adjacent to an activating group) is 2. The molecule has 18 nitrogen and oxygen atoms in total. The number of fused-ring (bicyclic) bond motifs is 2. The Hall–Kier alpha value is -7.44. The SMILES string of the molecule is CN1C(=O)[C@@H](NC(=O)c2n[nH]c(Cc3ccccc3)n2)COc2ccc(CCCN3CCN(CCCc4ccc5c(c4)N(C)C(=O)[C@@H](NC(=O)c4n[nH]c(Cc6ccccc6)n4)CO5)CC3)cc21. The third-order valence-electron chi connectivity index (χ3n) is 12.7. The number of aromatic nitrogens is 6. The maximum absolute atomic E-state index is 13.5. The van der Waals surface area contributed by atoms with Gasteiger partial charge in [-0.2, -0.15) is 0 Å². The third-order valence-corrected chi connectivity index (χ3v) is 12.7. The van der Waals surface area contributed by atoms with E-state index in [2.05, 4.69) is 50.8 Å². The number of anilines is 2. The number of nitrogens with zero attached hydrogens (tertiary/aromatic N) is 8. The first kappa shape index (κ1) is 45.7. The Kier molecular flexibility index (Phi) is 14.1. The lowest BCUT2D eigenvalue weighted by Gasteiger charge is -2.34. The lowest BCUT2D eigenvalue weighted by Crippen LogP contribution is -2.49. The Morgan fingerprint density at radius 1 is 0.588 bits per heavy atom. The van der Waals surface area contributed by atoms with Crippen molar-refractivity contribution < 1.29 is 28.7 Å². The molecule has 0 spiro atoms. The van der Waals surface area contributed by atoms with Gasteiger partial charge in [-0.05, 0) is 85.3 Å². The predicted molar refractivity (Wildman–Crippen MR) is 254 cm³/mol. The van der Waals surface area contributed by atoms with E-state index in [-0.39, 0.29) is 36.7 Å². The molecule has 1 fully saturated rings. The second-order valence-electron chi connectivity index (χ2n) is 17.5. The third kappa shape index (κ3) is 11.0. The molecule has 4 amide bonds. The zero-order valence-corrected chi connectivity index (χ0v) is 38.3. The van der Waals surface area contributed by atoms with Crippen LogP contribution in [0, 0.1) is 0 Å². The van der Waals surface area contributed by atoms with E-state index in [4.69, 9.17) is 9.47 Å². The summed E-state index contributed by atoms with van der Waals surface area (Å²) in [5.41, 5.74) is 5.65. The largest absolute Gasteiger partial charge is 0.489 e. The number of carbonyl (C=O) groups is 4. The summed E-state index contributed by atoms with van der Waals surface area (Å²) in [5.74, 6) is 0.583. The van der Waals surface area contributed by atoms with Crippen molar-refractivity contribution in [1.29, 1.82) is 0 Å². The fourth-order valence-electron chi connectivity index (χ4n) is 8.83. The molecule has 352 valence electrons. The zero-order valence-electron chi connectivity index (χ0n) is 38.3. The van der Waals surface area contributed by atoms with E-state index in [1.54, 1.807) is 23.9 Å². The second-order valence-corrected chi connectivity index (χ2v) is 17.5. The van der Waals surface area contributed by atoms with Gasteiger partial charge in [-0.3, -0.25) is 29.4 Å². The molecule has 18 heteroatoms. The van der Waals surface area contributed by atoms with E-state index in [0.717, 1.165) is 87.2 Å². The molecule has 5 heterocycles. The Labute approximate surface area is 394 Å². The van der Waals surface area contributed by atoms with E-state index in [1.165, 1.54) is 0 Å². The minimum absolute atomic E-state index is 0.00812. The minimum atomic E-state index is -0.902. The molecule has 0 unspecified atom stereocenters. The number of ether oxygens (including phenoxy) is 2. The summed E-state index contributed by atoms with van der Waals surface area (Å²) in [6.07, 6.45) is 4.66. The standard InChI is InChI=1S/C50H56N12O6/c1-59-39-27-35(17-19-41(39)67-31-37(49(59)65)51-47(63)45-53-43(55-57-45)29-33-11-5-3-6-12-33)15-9-21-61-23-25-62(26-24-61)22-10-16-36-18-20-42-40(28-36)60(2)50(66)38(32-68-42)52-48(64)46-54-44(56-58-46)30-34-13-7-4-8-14-34/h3-8,11-14,17-20,27-28,37-38H,9-10,15-16,21-26,29-32H2,1-2H3,(H,51,63)(H,52,64)(H,53,55,57)(H,54,56,58)/t37-,38-/m0/s1. The van der Waals surface area contributed by atoms with Crippen molar-refractivity contribution in [2.24, 2.45) is 0 Å². The lowest BCUT2D eigenvalue weighted by atomic mass is 10.1. The molecular weight excluding hydrogens is 865 g/mol. The van der Waals surface area contributed by atoms with Gasteiger partial charge in [0, 0.05) is 53.1 Å². The number of carbonyl (C=O) groups excluding carboxylic acids is 4. The van der Waals surface area contributed by atoms with Crippen LogP contribution in [0.5, 0.6) is 11.5 Å². The van der Waals surface area contributed by atoms with E-state index in [1.807, 2.05) is 97.1 Å². The maximum atomic E-state index is 13.5. The molecule has 0 radical (unpaired) electrons. The van der Waals surface area contributed by atoms with Crippen molar-refractivity contribution in [3.05, 3.63) is 143 Å². The number of rotatable bonds is 16. The maximum Gasteiger partial charge on any atom is 0.291 e. The average Bonchev–Trinajstić information content (AvgIpc) is 4.00. The van der Waals surface area contributed by atoms with Crippen molar-refractivity contribution in [1.82, 2.24) is 50.8 Å². The highest BCUT2D eigenvalue weighted by Gasteiger charge is 2.33. The lowest BCUT2D eigenvalue weighted by molar-refractivity contribution is -0.121. The first-order valence-electron chi connectivity index (χ1n) is 23.2. The number of nitrogens with one attached hydrogen (secondary N) is 4. The molecule has 1 saturated heterocycles. The van der Waals surface area contributed by atoms with Crippen LogP contribution in [0.25, 0.3) is 0 Å². The quantitative estimate of drug-likeness (QED) is 0.110. The van der Waals surface area contributed by atoms with Crippen LogP contribution in [0.2, 0.25) is 0 Å². The molecule has 3 aliphatic heterocycles. The van der Waals surface area contributed by atoms with Crippen molar-refractivity contribution in [3.8, 4) is 11.5 Å². The van der Waals surface area contributed by atoms with Crippen LogP contribution in [0.4, 0.5) is 11.4 Å². The van der Waals surface area contributed by atoms with Crippen molar-refractivity contribution in [2.45, 2.75) is 50.6 Å². The molecule has 0 aliphatic carbocycles. The molecule has 2 aromatic heterocycles. The Morgan fingerprint density at radius 3 is 1.41 bits per heavy atom. The first-order valence-corrected chi connectivity index (χ1v) is 23.2. The second kappa shape index (κ2) is 21.0. The van der Waals surface area contributed by atoms with Crippen LogP contribution >= 0.6 is 0 Å². The fraction of sp³-hybridized carbons (Fsp3) is 0.360. The van der Waals surface area contributed by atoms with E-state index < -0.39 is 23.9 Å². The van der Waals surface area contributed by atoms with Crippen LogP contribution in [-0.4, -0.2) is 142 Å². The number of benzene rings is 4. The normalized spacial score (nSPS) is 17.6. The van der Waals surface area contributed by atoms with Gasteiger partial charge >= 0.3 is 0 Å². The monoisotopic (exact) mass is 920 g/mol. The zero-order chi connectivity index (χ0) is 47.0. The van der Waals surface area contributed by atoms with E-state index >= 15 is 0 Å². The summed E-state index contributed by atoms with van der Waals surface area (Å²) in [5, 5.41) is 19.3. The number of H-pyrrole nitrogens is 2. The predicted octanol–water partition coefficient (Wildman–Crippen LogP) is 3.60. The highest BCUT2D eigenvalue weighted by atomic mass is 16.5. The smallest absolute Gasteiger partial charge is 0.291 e. The van der Waals surface area contributed by atoms with Gasteiger partial charge < -0.3 is 39.7 Å². The minimum Gasteiger partial charge on any atom is -0.489 e. The summed E-state index contributed by atoms with van der Waals surface area (Å²) in [7, 11) is 3.41. The summed E-state index contributed by atoms with van der Waals surface area (Å²) in [6, 6.07) is 29.6. The molecule has 68 heavy (non-hydrogen) atoms. The van der Waals surface area contributed by atoms with E-state index in [0.29, 0.717) is 47.4 Å². The van der Waals surface area contributed by atoms with Crippen LogP contribution in [0.1, 0.15) is 68.0 Å². The number of hydrogen-bond acceptors (Lipinski definition) is 12. The van der Waals surface area contributed by atoms with Crippen LogP contribution in [-0.2, 0) is 35.3 Å². The first-order chi connectivity index (χ1) is 33.1. The summed E-state index contributed by atoms with van der Waals surface area (Å²) in [4.78, 5) is 70.1. The summed E-state index contributed by atoms with van der Waals surface area (Å²) in [6.45, 7) is 5.92. The highest BCUT2D eigenvalue weighted by Crippen LogP contribution is 2.33. The number of aromatic amines is 2. The van der Waals surface area contributed by atoms with Gasteiger partial charge in [0.05, 0.1) is 11.4 Å². The Morgan fingerprint density at radius 2 is 1.00 bits per heavy atom. The number of aryl methyl sites for hydroxylation is 2. The van der Waals surface area contributed by atoms with Crippen molar-refractivity contribution >= 4 is 35.0 Å². The fourth-order valence-corrected chi connectivity index (χ4v) is 8.83. The number of amides is 4. The van der Waals surface area contributed by atoms with Crippen LogP contribution in [0.15, 0.2) is 97.1 Å². The van der Waals surface area contributed by atoms with Crippen LogP contribution < -0.4 is 29.9 Å². The molecule has 4 N–H and O–H groups in total. The summed E-state index contributed by atoms with van der Waals surface area (Å²) >= 11 is 0. The molecule has 4 aromatic carbocycles. The van der Waals surface area contributed by atoms with Gasteiger partial charge in [-0.1, -0.05) is 72.8 Å². The summed E-state index contributed by atoms with van der Waals surface area (Å²) < 4.78 is 12.1. The molecule has 0 bridgehead atoms. The van der Waals surface area contributed by atoms with Gasteiger partial charge in [0.25, 0.3) is 23.6 Å². The number of piperazine rings is 1. The topological polar surface area (TPSA) is 207 Å². The number of hydrogen-bond donors (Lipinski definition) is 4. The molecule has 3 aliphatic rings. The molecule has 0 saturated carbocycles. The van der Waals surface area contributed by atoms with Crippen molar-refractivity contribution in [2.75, 3.05) is 76.4 Å². The van der Waals surface area contributed by atoms with Gasteiger partial charge in [-0.25, -0.2) is 9.97 Å². The Bertz CT molecular complexity index is 2530. The average molecular weight is 921 g/mol. The van der Waals surface area contributed by atoms with Crippen LogP contribution in [0.3, 0.4) is 0 Å². The van der Waals surface area contributed by atoms with Crippen molar-refractivity contribution in [3.63, 3.8) is 0 Å². The highest BCUT2D eigenvalue weighted by molar-refractivity contribution is 6.03. The molecule has 2 atom stereocenters. The van der Waals surface area contributed by atoms with Gasteiger partial charge in [-0.15, -0.1) is 10.2 Å². The molecule has 6 aromatic rings. The van der Waals surface area contributed by atoms with Gasteiger partial charge in [0.2, 0.25) is 11.6 Å².